The van der Waals surface area contributed by atoms with E-state index in [1.165, 1.54) is 0 Å². The van der Waals surface area contributed by atoms with Crippen molar-refractivity contribution < 1.29 is 8.42 Å². The topological polar surface area (TPSA) is 37.4 Å². The number of nitrogens with zero attached hydrogens (tertiary/aromatic N) is 1. The minimum atomic E-state index is -3.41. The first-order valence-electron chi connectivity index (χ1n) is 6.35. The maximum atomic E-state index is 12.8. The minimum Gasteiger partial charge on any atom is -0.207 e. The molecule has 6 heteroatoms. The van der Waals surface area contributed by atoms with E-state index in [1.54, 1.807) is 10.4 Å². The quantitative estimate of drug-likeness (QED) is 0.733. The van der Waals surface area contributed by atoms with Gasteiger partial charge in [-0.3, -0.25) is 0 Å². The van der Waals surface area contributed by atoms with Gasteiger partial charge in [0, 0.05) is 21.5 Å². The van der Waals surface area contributed by atoms with Gasteiger partial charge in [-0.05, 0) is 59.8 Å². The normalized spacial score (nSPS) is 16.1. The highest BCUT2D eigenvalue weighted by atomic mass is 79.9. The molecule has 1 aromatic rings. The Morgan fingerprint density at radius 3 is 2.42 bits per heavy atom. The average molecular weight is 411 g/mol. The van der Waals surface area contributed by atoms with Gasteiger partial charge in [-0.2, -0.15) is 4.31 Å². The van der Waals surface area contributed by atoms with Crippen LogP contribution < -0.4 is 0 Å². The molecule has 0 radical (unpaired) electrons. The largest absolute Gasteiger partial charge is 0.244 e. The standard InChI is InChI=1S/C13H17Br2NO2S/c1-3-6-16(10-4-5-10)19(17,18)13-8-11(14)9(2)7-12(13)15/h7-8,10H,3-6H2,1-2H3. The fraction of sp³-hybridized carbons (Fsp3) is 0.538. The predicted molar refractivity (Wildman–Crippen MR) is 83.8 cm³/mol. The van der Waals surface area contributed by atoms with E-state index in [4.69, 9.17) is 0 Å². The molecule has 0 saturated heterocycles. The summed E-state index contributed by atoms with van der Waals surface area (Å²) in [5, 5.41) is 0. The summed E-state index contributed by atoms with van der Waals surface area (Å²) < 4.78 is 28.6. The highest BCUT2D eigenvalue weighted by molar-refractivity contribution is 9.11. The van der Waals surface area contributed by atoms with Crippen molar-refractivity contribution in [1.29, 1.82) is 0 Å². The summed E-state index contributed by atoms with van der Waals surface area (Å²) in [6.45, 7) is 4.53. The molecule has 0 bridgehead atoms. The predicted octanol–water partition coefficient (Wildman–Crippen LogP) is 4.08. The molecule has 0 heterocycles. The zero-order chi connectivity index (χ0) is 14.2. The highest BCUT2D eigenvalue weighted by Gasteiger charge is 2.38. The van der Waals surface area contributed by atoms with Crippen molar-refractivity contribution in [3.05, 3.63) is 26.6 Å². The summed E-state index contributed by atoms with van der Waals surface area (Å²) in [6, 6.07) is 3.73. The third-order valence-corrected chi connectivity index (χ3v) is 6.96. The summed E-state index contributed by atoms with van der Waals surface area (Å²) in [5.41, 5.74) is 1.01. The van der Waals surface area contributed by atoms with E-state index < -0.39 is 10.0 Å². The molecular formula is C13H17Br2NO2S. The lowest BCUT2D eigenvalue weighted by Crippen LogP contribution is -2.34. The Kier molecular flexibility index (Phi) is 4.75. The number of hydrogen-bond donors (Lipinski definition) is 0. The Balaban J connectivity index is 2.46. The average Bonchev–Trinajstić information content (AvgIpc) is 3.14. The summed E-state index contributed by atoms with van der Waals surface area (Å²) in [5.74, 6) is 0. The zero-order valence-electron chi connectivity index (χ0n) is 11.0. The van der Waals surface area contributed by atoms with E-state index in [0.29, 0.717) is 15.9 Å². The Morgan fingerprint density at radius 2 is 1.89 bits per heavy atom. The summed E-state index contributed by atoms with van der Waals surface area (Å²) in [4.78, 5) is 0.352. The number of benzene rings is 1. The van der Waals surface area contributed by atoms with Crippen LogP contribution >= 0.6 is 31.9 Å². The van der Waals surface area contributed by atoms with Gasteiger partial charge in [0.05, 0.1) is 4.90 Å². The fourth-order valence-electron chi connectivity index (χ4n) is 2.03. The van der Waals surface area contributed by atoms with Crippen LogP contribution in [0.3, 0.4) is 0 Å². The van der Waals surface area contributed by atoms with Crippen molar-refractivity contribution in [2.24, 2.45) is 0 Å². The van der Waals surface area contributed by atoms with Gasteiger partial charge < -0.3 is 0 Å². The minimum absolute atomic E-state index is 0.192. The first kappa shape index (κ1) is 15.5. The van der Waals surface area contributed by atoms with Crippen LogP contribution in [0.2, 0.25) is 0 Å². The molecule has 106 valence electrons. The van der Waals surface area contributed by atoms with Crippen LogP contribution in [-0.2, 0) is 10.0 Å². The van der Waals surface area contributed by atoms with Gasteiger partial charge in [0.1, 0.15) is 0 Å². The van der Waals surface area contributed by atoms with E-state index in [9.17, 15) is 8.42 Å². The van der Waals surface area contributed by atoms with Crippen molar-refractivity contribution in [3.8, 4) is 0 Å². The van der Waals surface area contributed by atoms with Crippen molar-refractivity contribution >= 4 is 41.9 Å². The molecule has 0 aliphatic heterocycles. The lowest BCUT2D eigenvalue weighted by molar-refractivity contribution is 0.403. The molecular weight excluding hydrogens is 394 g/mol. The van der Waals surface area contributed by atoms with Gasteiger partial charge in [0.2, 0.25) is 10.0 Å². The van der Waals surface area contributed by atoms with Crippen LogP contribution in [0.25, 0.3) is 0 Å². The zero-order valence-corrected chi connectivity index (χ0v) is 15.0. The molecule has 1 aliphatic carbocycles. The van der Waals surface area contributed by atoms with E-state index in [-0.39, 0.29) is 6.04 Å². The first-order chi connectivity index (χ1) is 8.87. The molecule has 0 atom stereocenters. The van der Waals surface area contributed by atoms with E-state index >= 15 is 0 Å². The Labute approximate surface area is 131 Å². The maximum Gasteiger partial charge on any atom is 0.244 e. The van der Waals surface area contributed by atoms with Gasteiger partial charge in [-0.25, -0.2) is 8.42 Å². The number of hydrogen-bond acceptors (Lipinski definition) is 2. The van der Waals surface area contributed by atoms with Gasteiger partial charge in [0.25, 0.3) is 0 Å². The van der Waals surface area contributed by atoms with Crippen molar-refractivity contribution in [2.45, 2.75) is 44.0 Å². The van der Waals surface area contributed by atoms with Gasteiger partial charge in [0.15, 0.2) is 0 Å². The van der Waals surface area contributed by atoms with E-state index in [2.05, 4.69) is 31.9 Å². The Bertz CT molecular complexity index is 583. The second-order valence-corrected chi connectivity index (χ2v) is 8.45. The van der Waals surface area contributed by atoms with Crippen LogP contribution in [0.4, 0.5) is 0 Å². The van der Waals surface area contributed by atoms with Gasteiger partial charge in [-0.15, -0.1) is 0 Å². The molecule has 0 spiro atoms. The third-order valence-electron chi connectivity index (χ3n) is 3.20. The molecule has 1 fully saturated rings. The molecule has 0 N–H and O–H groups in total. The molecule has 0 aromatic heterocycles. The second kappa shape index (κ2) is 5.84. The summed E-state index contributed by atoms with van der Waals surface area (Å²) in [6.07, 6.45) is 2.79. The SMILES string of the molecule is CCCN(C1CC1)S(=O)(=O)c1cc(Br)c(C)cc1Br. The molecule has 0 amide bonds. The lowest BCUT2D eigenvalue weighted by Gasteiger charge is -2.22. The Hall–Kier alpha value is 0.0900. The monoisotopic (exact) mass is 409 g/mol. The molecule has 1 aliphatic rings. The van der Waals surface area contributed by atoms with Crippen molar-refractivity contribution in [1.82, 2.24) is 4.31 Å². The molecule has 2 rings (SSSR count). The summed E-state index contributed by atoms with van der Waals surface area (Å²) in [7, 11) is -3.41. The first-order valence-corrected chi connectivity index (χ1v) is 9.38. The van der Waals surface area contributed by atoms with Crippen molar-refractivity contribution in [2.75, 3.05) is 6.54 Å². The van der Waals surface area contributed by atoms with Crippen LogP contribution in [0, 0.1) is 6.92 Å². The molecule has 3 nitrogen and oxygen atoms in total. The van der Waals surface area contributed by atoms with E-state index in [0.717, 1.165) is 29.3 Å². The molecule has 1 aromatic carbocycles. The smallest absolute Gasteiger partial charge is 0.207 e. The van der Waals surface area contributed by atoms with Gasteiger partial charge in [-0.1, -0.05) is 22.9 Å². The van der Waals surface area contributed by atoms with Crippen LogP contribution in [0.5, 0.6) is 0 Å². The number of rotatable bonds is 5. The van der Waals surface area contributed by atoms with E-state index in [1.807, 2.05) is 19.9 Å². The van der Waals surface area contributed by atoms with Gasteiger partial charge >= 0.3 is 0 Å². The summed E-state index contributed by atoms with van der Waals surface area (Å²) >= 11 is 6.79. The fourth-order valence-corrected chi connectivity index (χ4v) is 5.45. The highest BCUT2D eigenvalue weighted by Crippen LogP contribution is 2.36. The maximum absolute atomic E-state index is 12.8. The molecule has 19 heavy (non-hydrogen) atoms. The number of sulfonamides is 1. The van der Waals surface area contributed by atoms with Crippen LogP contribution in [0.15, 0.2) is 26.0 Å². The number of aryl methyl sites for hydroxylation is 1. The lowest BCUT2D eigenvalue weighted by atomic mass is 10.2. The second-order valence-electron chi connectivity index (χ2n) is 4.88. The molecule has 0 unspecified atom stereocenters. The molecule has 1 saturated carbocycles. The van der Waals surface area contributed by atoms with Crippen LogP contribution in [-0.4, -0.2) is 25.3 Å². The number of halogens is 2. The van der Waals surface area contributed by atoms with Crippen molar-refractivity contribution in [3.63, 3.8) is 0 Å². The third kappa shape index (κ3) is 3.23. The van der Waals surface area contributed by atoms with Crippen LogP contribution in [0.1, 0.15) is 31.7 Å². The Morgan fingerprint density at radius 1 is 1.26 bits per heavy atom.